The Bertz CT molecular complexity index is 766. The highest BCUT2D eigenvalue weighted by atomic mass is 35.5. The Kier molecular flexibility index (Phi) is 6.22. The number of benzene rings is 2. The third-order valence-corrected chi connectivity index (χ3v) is 5.36. The Morgan fingerprint density at radius 2 is 2.04 bits per heavy atom. The molecule has 0 aliphatic carbocycles. The van der Waals surface area contributed by atoms with Crippen LogP contribution in [0.3, 0.4) is 0 Å². The molecular weight excluding hydrogens is 366 g/mol. The summed E-state index contributed by atoms with van der Waals surface area (Å²) < 4.78 is 5.22. The van der Waals surface area contributed by atoms with Crippen LogP contribution < -0.4 is 20.3 Å². The number of anilines is 2. The topological polar surface area (TPSA) is 36.5 Å². The third-order valence-electron chi connectivity index (χ3n) is 4.70. The second-order valence-electron chi connectivity index (χ2n) is 6.60. The van der Waals surface area contributed by atoms with Crippen molar-refractivity contribution < 1.29 is 4.74 Å². The van der Waals surface area contributed by atoms with Gasteiger partial charge in [-0.05, 0) is 73.4 Å². The van der Waals surface area contributed by atoms with Crippen molar-refractivity contribution in [2.75, 3.05) is 37.0 Å². The number of nitrogens with one attached hydrogen (secondary N) is 2. The van der Waals surface area contributed by atoms with Gasteiger partial charge in [-0.25, -0.2) is 0 Å². The highest BCUT2D eigenvalue weighted by Gasteiger charge is 2.22. The molecule has 0 spiro atoms. The summed E-state index contributed by atoms with van der Waals surface area (Å²) >= 11 is 11.6. The average Bonchev–Trinajstić information content (AvgIpc) is 3.12. The van der Waals surface area contributed by atoms with Crippen molar-refractivity contribution >= 4 is 40.3 Å². The molecule has 1 fully saturated rings. The third kappa shape index (κ3) is 4.80. The molecule has 138 valence electrons. The van der Waals surface area contributed by atoms with E-state index in [2.05, 4.69) is 27.7 Å². The number of hydrogen-bond acceptors (Lipinski definition) is 3. The van der Waals surface area contributed by atoms with Crippen molar-refractivity contribution in [3.05, 3.63) is 53.1 Å². The van der Waals surface area contributed by atoms with Gasteiger partial charge in [0.25, 0.3) is 0 Å². The van der Waals surface area contributed by atoms with E-state index in [0.29, 0.717) is 11.0 Å². The van der Waals surface area contributed by atoms with E-state index < -0.39 is 0 Å². The van der Waals surface area contributed by atoms with Crippen molar-refractivity contribution in [1.29, 1.82) is 0 Å². The Balaban J connectivity index is 1.46. The number of aryl methyl sites for hydroxylation is 1. The van der Waals surface area contributed by atoms with E-state index in [1.807, 2.05) is 37.3 Å². The molecule has 0 amide bonds. The summed E-state index contributed by atoms with van der Waals surface area (Å²) in [5.41, 5.74) is 3.20. The summed E-state index contributed by atoms with van der Waals surface area (Å²) in [7, 11) is 1.69. The van der Waals surface area contributed by atoms with Crippen LogP contribution in [0.2, 0.25) is 5.02 Å². The van der Waals surface area contributed by atoms with Gasteiger partial charge in [0, 0.05) is 36.0 Å². The predicted octanol–water partition coefficient (Wildman–Crippen LogP) is 4.47. The van der Waals surface area contributed by atoms with Crippen LogP contribution in [0.4, 0.5) is 11.4 Å². The number of hydrogen-bond donors (Lipinski definition) is 2. The minimum Gasteiger partial charge on any atom is -0.497 e. The molecule has 26 heavy (non-hydrogen) atoms. The van der Waals surface area contributed by atoms with Crippen molar-refractivity contribution in [2.24, 2.45) is 5.92 Å². The van der Waals surface area contributed by atoms with Gasteiger partial charge in [0.1, 0.15) is 5.75 Å². The molecule has 0 saturated carbocycles. The number of methoxy groups -OCH3 is 1. The van der Waals surface area contributed by atoms with Crippen molar-refractivity contribution in [2.45, 2.75) is 13.3 Å². The first-order valence-corrected chi connectivity index (χ1v) is 9.54. The lowest BCUT2D eigenvalue weighted by Gasteiger charge is -2.19. The van der Waals surface area contributed by atoms with Gasteiger partial charge in [-0.3, -0.25) is 0 Å². The van der Waals surface area contributed by atoms with Crippen LogP contribution in [-0.4, -0.2) is 31.9 Å². The predicted molar refractivity (Wildman–Crippen MR) is 114 cm³/mol. The van der Waals surface area contributed by atoms with Gasteiger partial charge < -0.3 is 20.3 Å². The molecule has 0 radical (unpaired) electrons. The largest absolute Gasteiger partial charge is 0.497 e. The SMILES string of the molecule is COc1ccc(N2CCC(CNC(=S)Nc3ccc(C)c(Cl)c3)C2)cc1. The summed E-state index contributed by atoms with van der Waals surface area (Å²) in [5.74, 6) is 1.46. The molecule has 1 unspecified atom stereocenters. The maximum atomic E-state index is 6.15. The summed E-state index contributed by atoms with van der Waals surface area (Å²) in [6.07, 6.45) is 1.15. The lowest BCUT2D eigenvalue weighted by atomic mass is 10.1. The van der Waals surface area contributed by atoms with E-state index in [0.717, 1.165) is 48.1 Å². The van der Waals surface area contributed by atoms with Gasteiger partial charge >= 0.3 is 0 Å². The Morgan fingerprint density at radius 1 is 1.27 bits per heavy atom. The first-order chi connectivity index (χ1) is 12.5. The van der Waals surface area contributed by atoms with Crippen LogP contribution in [0.25, 0.3) is 0 Å². The highest BCUT2D eigenvalue weighted by molar-refractivity contribution is 7.80. The Morgan fingerprint density at radius 3 is 2.73 bits per heavy atom. The summed E-state index contributed by atoms with van der Waals surface area (Å²) in [6.45, 7) is 4.93. The van der Waals surface area contributed by atoms with Crippen LogP contribution >= 0.6 is 23.8 Å². The molecule has 3 rings (SSSR count). The van der Waals surface area contributed by atoms with Gasteiger partial charge in [0.05, 0.1) is 7.11 Å². The monoisotopic (exact) mass is 389 g/mol. The van der Waals surface area contributed by atoms with E-state index in [1.54, 1.807) is 7.11 Å². The number of ether oxygens (including phenoxy) is 1. The average molecular weight is 390 g/mol. The van der Waals surface area contributed by atoms with E-state index in [4.69, 9.17) is 28.6 Å². The first-order valence-electron chi connectivity index (χ1n) is 8.75. The van der Waals surface area contributed by atoms with Crippen LogP contribution in [-0.2, 0) is 0 Å². The summed E-state index contributed by atoms with van der Waals surface area (Å²) in [5, 5.41) is 7.90. The zero-order valence-corrected chi connectivity index (χ0v) is 16.7. The van der Waals surface area contributed by atoms with Gasteiger partial charge in [0.2, 0.25) is 0 Å². The molecule has 0 bridgehead atoms. The molecule has 1 atom stereocenters. The maximum absolute atomic E-state index is 6.15. The van der Waals surface area contributed by atoms with Gasteiger partial charge in [-0.2, -0.15) is 0 Å². The van der Waals surface area contributed by atoms with E-state index in [1.165, 1.54) is 5.69 Å². The molecule has 2 N–H and O–H groups in total. The standard InChI is InChI=1S/C20H24ClN3OS/c1-14-3-4-16(11-19(14)21)23-20(26)22-12-15-9-10-24(13-15)17-5-7-18(25-2)8-6-17/h3-8,11,15H,9-10,12-13H2,1-2H3,(H2,22,23,26). The smallest absolute Gasteiger partial charge is 0.170 e. The number of nitrogens with zero attached hydrogens (tertiary/aromatic N) is 1. The molecule has 4 nitrogen and oxygen atoms in total. The van der Waals surface area contributed by atoms with E-state index >= 15 is 0 Å². The second-order valence-corrected chi connectivity index (χ2v) is 7.41. The van der Waals surface area contributed by atoms with E-state index in [9.17, 15) is 0 Å². The number of thiocarbonyl (C=S) groups is 1. The Labute approximate surface area is 165 Å². The maximum Gasteiger partial charge on any atom is 0.170 e. The van der Waals surface area contributed by atoms with Gasteiger partial charge in [-0.15, -0.1) is 0 Å². The highest BCUT2D eigenvalue weighted by Crippen LogP contribution is 2.25. The van der Waals surface area contributed by atoms with Gasteiger partial charge in [0.15, 0.2) is 5.11 Å². The van der Waals surface area contributed by atoms with Crippen LogP contribution in [0.5, 0.6) is 5.75 Å². The molecule has 1 aliphatic heterocycles. The van der Waals surface area contributed by atoms with Gasteiger partial charge in [-0.1, -0.05) is 17.7 Å². The summed E-state index contributed by atoms with van der Waals surface area (Å²) in [6, 6.07) is 14.1. The fourth-order valence-corrected chi connectivity index (χ4v) is 3.49. The first kappa shape index (κ1) is 18.8. The van der Waals surface area contributed by atoms with Crippen LogP contribution in [0.15, 0.2) is 42.5 Å². The fraction of sp³-hybridized carbons (Fsp3) is 0.350. The molecule has 2 aromatic carbocycles. The molecule has 1 aliphatic rings. The lowest BCUT2D eigenvalue weighted by molar-refractivity contribution is 0.415. The molecular formula is C20H24ClN3OS. The van der Waals surface area contributed by atoms with Crippen molar-refractivity contribution in [3.63, 3.8) is 0 Å². The molecule has 2 aromatic rings. The van der Waals surface area contributed by atoms with E-state index in [-0.39, 0.29) is 0 Å². The molecule has 1 heterocycles. The number of halogens is 1. The van der Waals surface area contributed by atoms with Crippen LogP contribution in [0, 0.1) is 12.8 Å². The quantitative estimate of drug-likeness (QED) is 0.738. The normalized spacial score (nSPS) is 16.4. The molecule has 0 aromatic heterocycles. The second kappa shape index (κ2) is 8.60. The zero-order chi connectivity index (χ0) is 18.5. The lowest BCUT2D eigenvalue weighted by Crippen LogP contribution is -2.34. The van der Waals surface area contributed by atoms with Crippen molar-refractivity contribution in [1.82, 2.24) is 5.32 Å². The fourth-order valence-electron chi connectivity index (χ4n) is 3.11. The minimum atomic E-state index is 0.568. The van der Waals surface area contributed by atoms with Crippen molar-refractivity contribution in [3.8, 4) is 5.75 Å². The minimum absolute atomic E-state index is 0.568. The zero-order valence-electron chi connectivity index (χ0n) is 15.1. The molecule has 6 heteroatoms. The van der Waals surface area contributed by atoms with Crippen LogP contribution in [0.1, 0.15) is 12.0 Å². The number of rotatable bonds is 5. The molecule has 1 saturated heterocycles. The Hall–Kier alpha value is -1.98. The summed E-state index contributed by atoms with van der Waals surface area (Å²) in [4.78, 5) is 2.40.